The number of hydrogen-bond acceptors (Lipinski definition) is 5. The Morgan fingerprint density at radius 2 is 1.84 bits per heavy atom. The minimum Gasteiger partial charge on any atom is -0.341 e. The van der Waals surface area contributed by atoms with Gasteiger partial charge >= 0.3 is 0 Å². The molecule has 0 radical (unpaired) electrons. The zero-order valence-corrected chi connectivity index (χ0v) is 19.0. The Balaban J connectivity index is 1.53. The van der Waals surface area contributed by atoms with E-state index < -0.39 is 21.2 Å². The van der Waals surface area contributed by atoms with Gasteiger partial charge in [-0.2, -0.15) is 0 Å². The highest BCUT2D eigenvalue weighted by Gasteiger charge is 2.36. The minimum absolute atomic E-state index is 0.00409. The maximum atomic E-state index is 12.9. The number of hydrogen-bond donors (Lipinski definition) is 2. The van der Waals surface area contributed by atoms with Gasteiger partial charge in [0.05, 0.1) is 16.3 Å². The third-order valence-electron chi connectivity index (χ3n) is 5.22. The van der Waals surface area contributed by atoms with Crippen molar-refractivity contribution in [1.82, 2.24) is 4.90 Å². The van der Waals surface area contributed by atoms with Gasteiger partial charge in [0.2, 0.25) is 11.8 Å². The Bertz CT molecular complexity index is 1120. The molecule has 0 unspecified atom stereocenters. The van der Waals surface area contributed by atoms with Crippen molar-refractivity contribution in [3.05, 3.63) is 47.5 Å². The van der Waals surface area contributed by atoms with E-state index in [1.54, 1.807) is 29.2 Å². The lowest BCUT2D eigenvalue weighted by molar-refractivity contribution is -0.133. The summed E-state index contributed by atoms with van der Waals surface area (Å²) < 4.78 is 28.0. The van der Waals surface area contributed by atoms with E-state index in [0.717, 1.165) is 37.4 Å². The molecule has 10 heteroatoms. The van der Waals surface area contributed by atoms with E-state index in [4.69, 9.17) is 11.6 Å². The van der Waals surface area contributed by atoms with Crippen molar-refractivity contribution < 1.29 is 18.0 Å². The molecule has 31 heavy (non-hydrogen) atoms. The van der Waals surface area contributed by atoms with Crippen LogP contribution in [0.15, 0.2) is 52.3 Å². The molecule has 1 fully saturated rings. The molecule has 2 aromatic rings. The second-order valence-electron chi connectivity index (χ2n) is 7.50. The smallest absolute Gasteiger partial charge is 0.261 e. The highest BCUT2D eigenvalue weighted by Crippen LogP contribution is 2.38. The number of nitrogens with one attached hydrogen (secondary N) is 2. The largest absolute Gasteiger partial charge is 0.341 e. The van der Waals surface area contributed by atoms with Crippen LogP contribution in [0.3, 0.4) is 0 Å². The van der Waals surface area contributed by atoms with Gasteiger partial charge in [0.25, 0.3) is 10.0 Å². The van der Waals surface area contributed by atoms with Gasteiger partial charge in [-0.05, 0) is 49.2 Å². The van der Waals surface area contributed by atoms with Crippen molar-refractivity contribution in [2.45, 2.75) is 40.7 Å². The van der Waals surface area contributed by atoms with E-state index >= 15 is 0 Å². The normalized spacial score (nSPS) is 19.2. The van der Waals surface area contributed by atoms with Crippen molar-refractivity contribution >= 4 is 56.6 Å². The Labute approximate surface area is 190 Å². The highest BCUT2D eigenvalue weighted by molar-refractivity contribution is 8.01. The molecule has 0 aromatic heterocycles. The number of benzene rings is 2. The summed E-state index contributed by atoms with van der Waals surface area (Å²) in [5.74, 6) is -0.613. The number of carbonyl (C=O) groups excluding carboxylic acids is 2. The van der Waals surface area contributed by atoms with Crippen LogP contribution >= 0.6 is 23.4 Å². The number of carbonyl (C=O) groups is 2. The van der Waals surface area contributed by atoms with Crippen LogP contribution in [0.25, 0.3) is 0 Å². The first-order chi connectivity index (χ1) is 14.8. The number of nitrogens with zero attached hydrogens (tertiary/aromatic N) is 1. The number of sulfonamides is 1. The minimum atomic E-state index is -3.88. The van der Waals surface area contributed by atoms with Crippen LogP contribution in [0.5, 0.6) is 0 Å². The predicted octanol–water partition coefficient (Wildman–Crippen LogP) is 3.96. The maximum absolute atomic E-state index is 12.9. The third kappa shape index (κ3) is 4.99. The van der Waals surface area contributed by atoms with Gasteiger partial charge in [-0.25, -0.2) is 8.42 Å². The molecule has 4 rings (SSSR count). The number of thioether (sulfide) groups is 1. The third-order valence-corrected chi connectivity index (χ3v) is 8.10. The molecule has 2 heterocycles. The fourth-order valence-electron chi connectivity index (χ4n) is 3.64. The van der Waals surface area contributed by atoms with E-state index in [0.29, 0.717) is 34.4 Å². The topological polar surface area (TPSA) is 95.6 Å². The molecule has 1 saturated heterocycles. The van der Waals surface area contributed by atoms with E-state index in [2.05, 4.69) is 10.0 Å². The number of fused-ring (bicyclic) bond motifs is 1. The zero-order chi connectivity index (χ0) is 22.0. The molecule has 7 nitrogen and oxygen atoms in total. The molecule has 0 aliphatic carbocycles. The van der Waals surface area contributed by atoms with Crippen LogP contribution in [0, 0.1) is 0 Å². The Morgan fingerprint density at radius 1 is 1.10 bits per heavy atom. The summed E-state index contributed by atoms with van der Waals surface area (Å²) in [6.07, 6.45) is 4.08. The van der Waals surface area contributed by atoms with Crippen molar-refractivity contribution in [2.75, 3.05) is 23.1 Å². The van der Waals surface area contributed by atoms with Crippen molar-refractivity contribution in [2.24, 2.45) is 0 Å². The molecule has 0 saturated carbocycles. The first kappa shape index (κ1) is 22.0. The highest BCUT2D eigenvalue weighted by atomic mass is 35.5. The van der Waals surface area contributed by atoms with E-state index in [1.807, 2.05) is 0 Å². The lowest BCUT2D eigenvalue weighted by Crippen LogP contribution is -2.45. The molecular formula is C21H22ClN3O4S2. The van der Waals surface area contributed by atoms with Crippen molar-refractivity contribution in [1.29, 1.82) is 0 Å². The molecule has 164 valence electrons. The molecule has 0 spiro atoms. The SMILES string of the molecule is O=C1Nc2cc(S(=O)(=O)Nc3cccc(Cl)c3)ccc2S[C@H]1C(=O)N1CCCCCC1. The van der Waals surface area contributed by atoms with Crippen LogP contribution < -0.4 is 10.0 Å². The number of amides is 2. The summed E-state index contributed by atoms with van der Waals surface area (Å²) in [5.41, 5.74) is 0.718. The number of rotatable bonds is 4. The monoisotopic (exact) mass is 479 g/mol. The number of likely N-dealkylation sites (tertiary alicyclic amines) is 1. The van der Waals surface area contributed by atoms with E-state index in [9.17, 15) is 18.0 Å². The summed E-state index contributed by atoms with van der Waals surface area (Å²) in [5, 5.41) is 2.26. The Kier molecular flexibility index (Phi) is 6.45. The molecule has 2 amide bonds. The summed E-state index contributed by atoms with van der Waals surface area (Å²) in [6, 6.07) is 10.9. The molecule has 2 N–H and O–H groups in total. The van der Waals surface area contributed by atoms with Crippen LogP contribution in [0.2, 0.25) is 5.02 Å². The fourth-order valence-corrected chi connectivity index (χ4v) is 5.96. The summed E-state index contributed by atoms with van der Waals surface area (Å²) in [6.45, 7) is 1.34. The molecule has 2 aliphatic rings. The van der Waals surface area contributed by atoms with Crippen LogP contribution in [0.1, 0.15) is 25.7 Å². The molecular weight excluding hydrogens is 458 g/mol. The summed E-state index contributed by atoms with van der Waals surface area (Å²) in [7, 11) is -3.88. The van der Waals surface area contributed by atoms with Crippen LogP contribution in [0.4, 0.5) is 11.4 Å². The molecule has 2 aliphatic heterocycles. The first-order valence-electron chi connectivity index (χ1n) is 10.0. The molecule has 0 bridgehead atoms. The van der Waals surface area contributed by atoms with Gasteiger partial charge in [-0.15, -0.1) is 11.8 Å². The van der Waals surface area contributed by atoms with Gasteiger partial charge < -0.3 is 10.2 Å². The second kappa shape index (κ2) is 9.10. The lowest BCUT2D eigenvalue weighted by atomic mass is 10.2. The van der Waals surface area contributed by atoms with E-state index in [-0.39, 0.29) is 10.8 Å². The average molecular weight is 480 g/mol. The Hall–Kier alpha value is -2.23. The van der Waals surface area contributed by atoms with Gasteiger partial charge in [-0.3, -0.25) is 14.3 Å². The average Bonchev–Trinajstić information content (AvgIpc) is 3.01. The summed E-state index contributed by atoms with van der Waals surface area (Å²) in [4.78, 5) is 28.0. The number of anilines is 2. The maximum Gasteiger partial charge on any atom is 0.261 e. The first-order valence-corrected chi connectivity index (χ1v) is 12.8. The fraction of sp³-hybridized carbons (Fsp3) is 0.333. The summed E-state index contributed by atoms with van der Waals surface area (Å²) >= 11 is 7.08. The molecule has 2 aromatic carbocycles. The van der Waals surface area contributed by atoms with E-state index in [1.165, 1.54) is 18.2 Å². The standard InChI is InChI=1S/C21H22ClN3O4S2/c22-14-6-5-7-15(12-14)24-31(28,29)16-8-9-18-17(13-16)23-20(26)19(30-18)21(27)25-10-3-1-2-4-11-25/h5-9,12-13,19,24H,1-4,10-11H2,(H,23,26)/t19-/m1/s1. The van der Waals surface area contributed by atoms with Gasteiger partial charge in [0.15, 0.2) is 5.25 Å². The van der Waals surface area contributed by atoms with Gasteiger partial charge in [0.1, 0.15) is 0 Å². The quantitative estimate of drug-likeness (QED) is 0.647. The predicted molar refractivity (Wildman–Crippen MR) is 122 cm³/mol. The van der Waals surface area contributed by atoms with Crippen molar-refractivity contribution in [3.63, 3.8) is 0 Å². The van der Waals surface area contributed by atoms with Crippen molar-refractivity contribution in [3.8, 4) is 0 Å². The van der Waals surface area contributed by atoms with Gasteiger partial charge in [0, 0.05) is 23.0 Å². The molecule has 1 atom stereocenters. The van der Waals surface area contributed by atoms with Crippen LogP contribution in [-0.4, -0.2) is 43.5 Å². The van der Waals surface area contributed by atoms with Crippen LogP contribution in [-0.2, 0) is 19.6 Å². The Morgan fingerprint density at radius 3 is 2.55 bits per heavy atom. The second-order valence-corrected chi connectivity index (χ2v) is 10.8. The zero-order valence-electron chi connectivity index (χ0n) is 16.6. The lowest BCUT2D eigenvalue weighted by Gasteiger charge is -2.28. The van der Waals surface area contributed by atoms with Gasteiger partial charge in [-0.1, -0.05) is 30.5 Å². The number of halogens is 1.